The van der Waals surface area contributed by atoms with Gasteiger partial charge in [0.2, 0.25) is 11.8 Å². The van der Waals surface area contributed by atoms with Crippen molar-refractivity contribution >= 4 is 24.2 Å². The summed E-state index contributed by atoms with van der Waals surface area (Å²) in [6.45, 7) is 2.73. The van der Waals surface area contributed by atoms with E-state index in [4.69, 9.17) is 5.73 Å². The molecule has 2 aliphatic rings. The summed E-state index contributed by atoms with van der Waals surface area (Å²) in [7, 11) is 0. The van der Waals surface area contributed by atoms with Gasteiger partial charge in [0.25, 0.3) is 0 Å². The Labute approximate surface area is 149 Å². The second kappa shape index (κ2) is 8.49. The van der Waals surface area contributed by atoms with Crippen molar-refractivity contribution in [3.8, 4) is 0 Å². The molecule has 0 aromatic heterocycles. The van der Waals surface area contributed by atoms with Crippen LogP contribution in [0.5, 0.6) is 0 Å². The Morgan fingerprint density at radius 1 is 1.21 bits per heavy atom. The SMILES string of the molecule is Cl.NCC1CCN(C(=O)C(c2ccccc2)N2CCCCC2=O)C1. The lowest BCUT2D eigenvalue weighted by Gasteiger charge is -2.36. The van der Waals surface area contributed by atoms with Crippen molar-refractivity contribution in [3.63, 3.8) is 0 Å². The number of benzene rings is 1. The van der Waals surface area contributed by atoms with Gasteiger partial charge in [-0.1, -0.05) is 30.3 Å². The van der Waals surface area contributed by atoms with E-state index in [0.717, 1.165) is 31.4 Å². The maximum absolute atomic E-state index is 13.1. The van der Waals surface area contributed by atoms with Gasteiger partial charge in [0.1, 0.15) is 6.04 Å². The van der Waals surface area contributed by atoms with Crippen LogP contribution in [0.2, 0.25) is 0 Å². The first-order chi connectivity index (χ1) is 11.2. The van der Waals surface area contributed by atoms with Crippen molar-refractivity contribution < 1.29 is 9.59 Å². The summed E-state index contributed by atoms with van der Waals surface area (Å²) in [4.78, 5) is 29.2. The molecule has 2 atom stereocenters. The summed E-state index contributed by atoms with van der Waals surface area (Å²) in [6, 6.07) is 9.19. The van der Waals surface area contributed by atoms with Gasteiger partial charge >= 0.3 is 0 Å². The molecular formula is C18H26ClN3O2. The van der Waals surface area contributed by atoms with E-state index in [1.807, 2.05) is 35.2 Å². The highest BCUT2D eigenvalue weighted by molar-refractivity contribution is 5.89. The van der Waals surface area contributed by atoms with Crippen LogP contribution in [0.15, 0.2) is 30.3 Å². The zero-order chi connectivity index (χ0) is 16.2. The van der Waals surface area contributed by atoms with Gasteiger partial charge in [0, 0.05) is 26.1 Å². The normalized spacial score (nSPS) is 22.2. The fraction of sp³-hybridized carbons (Fsp3) is 0.556. The Hall–Kier alpha value is -1.59. The van der Waals surface area contributed by atoms with Gasteiger partial charge in [-0.25, -0.2) is 0 Å². The molecule has 0 spiro atoms. The second-order valence-corrected chi connectivity index (χ2v) is 6.53. The zero-order valence-corrected chi connectivity index (χ0v) is 14.7. The summed E-state index contributed by atoms with van der Waals surface area (Å²) >= 11 is 0. The molecule has 0 aliphatic carbocycles. The van der Waals surface area contributed by atoms with Gasteiger partial charge in [-0.3, -0.25) is 9.59 Å². The summed E-state index contributed by atoms with van der Waals surface area (Å²) < 4.78 is 0. The number of nitrogens with two attached hydrogens (primary N) is 1. The summed E-state index contributed by atoms with van der Waals surface area (Å²) in [5.74, 6) is 0.517. The number of hydrogen-bond acceptors (Lipinski definition) is 3. The molecule has 2 aliphatic heterocycles. The van der Waals surface area contributed by atoms with Crippen LogP contribution in [-0.2, 0) is 9.59 Å². The molecule has 5 nitrogen and oxygen atoms in total. The molecule has 132 valence electrons. The first-order valence-corrected chi connectivity index (χ1v) is 8.54. The largest absolute Gasteiger partial charge is 0.340 e. The van der Waals surface area contributed by atoms with E-state index in [-0.39, 0.29) is 24.2 Å². The summed E-state index contributed by atoms with van der Waals surface area (Å²) in [5.41, 5.74) is 6.65. The van der Waals surface area contributed by atoms with E-state index in [9.17, 15) is 9.59 Å². The molecule has 1 aromatic rings. The number of nitrogens with zero attached hydrogens (tertiary/aromatic N) is 2. The van der Waals surface area contributed by atoms with Crippen molar-refractivity contribution in [2.75, 3.05) is 26.2 Å². The van der Waals surface area contributed by atoms with Crippen molar-refractivity contribution in [1.82, 2.24) is 9.80 Å². The molecule has 1 aromatic carbocycles. The topological polar surface area (TPSA) is 66.6 Å². The highest BCUT2D eigenvalue weighted by atomic mass is 35.5. The van der Waals surface area contributed by atoms with E-state index < -0.39 is 6.04 Å². The maximum Gasteiger partial charge on any atom is 0.250 e. The fourth-order valence-corrected chi connectivity index (χ4v) is 3.59. The molecule has 2 unspecified atom stereocenters. The molecule has 2 saturated heterocycles. The van der Waals surface area contributed by atoms with Gasteiger partial charge in [-0.15, -0.1) is 12.4 Å². The lowest BCUT2D eigenvalue weighted by molar-refractivity contribution is -0.147. The van der Waals surface area contributed by atoms with Crippen molar-refractivity contribution in [3.05, 3.63) is 35.9 Å². The van der Waals surface area contributed by atoms with Crippen LogP contribution in [0.25, 0.3) is 0 Å². The van der Waals surface area contributed by atoms with Crippen LogP contribution in [0.3, 0.4) is 0 Å². The highest BCUT2D eigenvalue weighted by Crippen LogP contribution is 2.29. The third kappa shape index (κ3) is 3.90. The average molecular weight is 352 g/mol. The Morgan fingerprint density at radius 2 is 1.96 bits per heavy atom. The molecule has 24 heavy (non-hydrogen) atoms. The molecule has 0 bridgehead atoms. The highest BCUT2D eigenvalue weighted by Gasteiger charge is 2.37. The quantitative estimate of drug-likeness (QED) is 0.901. The number of piperidine rings is 1. The van der Waals surface area contributed by atoms with Crippen LogP contribution in [0.4, 0.5) is 0 Å². The molecular weight excluding hydrogens is 326 g/mol. The number of amides is 2. The van der Waals surface area contributed by atoms with Crippen LogP contribution < -0.4 is 5.73 Å². The number of halogens is 1. The Balaban J connectivity index is 0.00000208. The predicted octanol–water partition coefficient (Wildman–Crippen LogP) is 1.97. The van der Waals surface area contributed by atoms with Gasteiger partial charge in [0.15, 0.2) is 0 Å². The lowest BCUT2D eigenvalue weighted by atomic mass is 10.00. The minimum absolute atomic E-state index is 0. The van der Waals surface area contributed by atoms with Crippen LogP contribution in [0.1, 0.15) is 37.3 Å². The lowest BCUT2D eigenvalue weighted by Crippen LogP contribution is -2.46. The average Bonchev–Trinajstić information content (AvgIpc) is 3.07. The number of likely N-dealkylation sites (tertiary alicyclic amines) is 2. The van der Waals surface area contributed by atoms with E-state index in [2.05, 4.69) is 0 Å². The third-order valence-electron chi connectivity index (χ3n) is 4.95. The smallest absolute Gasteiger partial charge is 0.250 e. The maximum atomic E-state index is 13.1. The number of carbonyl (C=O) groups is 2. The molecule has 2 fully saturated rings. The fourth-order valence-electron chi connectivity index (χ4n) is 3.59. The van der Waals surface area contributed by atoms with Crippen molar-refractivity contribution in [1.29, 1.82) is 0 Å². The minimum atomic E-state index is -0.486. The van der Waals surface area contributed by atoms with Crippen molar-refractivity contribution in [2.45, 2.75) is 31.7 Å². The molecule has 0 radical (unpaired) electrons. The molecule has 0 saturated carbocycles. The molecule has 2 heterocycles. The predicted molar refractivity (Wildman–Crippen MR) is 95.7 cm³/mol. The first kappa shape index (κ1) is 18.7. The van der Waals surface area contributed by atoms with Gasteiger partial charge in [0.05, 0.1) is 0 Å². The van der Waals surface area contributed by atoms with Crippen LogP contribution in [0, 0.1) is 5.92 Å². The van der Waals surface area contributed by atoms with Crippen molar-refractivity contribution in [2.24, 2.45) is 11.7 Å². The molecule has 6 heteroatoms. The molecule has 2 amide bonds. The summed E-state index contributed by atoms with van der Waals surface area (Å²) in [5, 5.41) is 0. The Bertz CT molecular complexity index is 567. The number of hydrogen-bond donors (Lipinski definition) is 1. The number of rotatable bonds is 4. The van der Waals surface area contributed by atoms with Crippen LogP contribution in [-0.4, -0.2) is 47.8 Å². The minimum Gasteiger partial charge on any atom is -0.340 e. The first-order valence-electron chi connectivity index (χ1n) is 8.54. The van der Waals surface area contributed by atoms with Gasteiger partial charge in [-0.2, -0.15) is 0 Å². The van der Waals surface area contributed by atoms with Crippen LogP contribution >= 0.6 is 12.4 Å². The standard InChI is InChI=1S/C18H25N3O2.ClH/c19-12-14-9-11-20(13-14)18(23)17(15-6-2-1-3-7-15)21-10-5-4-8-16(21)22;/h1-3,6-7,14,17H,4-5,8-13,19H2;1H. The number of carbonyl (C=O) groups excluding carboxylic acids is 2. The third-order valence-corrected chi connectivity index (χ3v) is 4.95. The van der Waals surface area contributed by atoms with E-state index in [1.165, 1.54) is 0 Å². The van der Waals surface area contributed by atoms with E-state index in [0.29, 0.717) is 32.0 Å². The second-order valence-electron chi connectivity index (χ2n) is 6.53. The van der Waals surface area contributed by atoms with Gasteiger partial charge < -0.3 is 15.5 Å². The zero-order valence-electron chi connectivity index (χ0n) is 13.9. The van der Waals surface area contributed by atoms with E-state index in [1.54, 1.807) is 4.90 Å². The van der Waals surface area contributed by atoms with Gasteiger partial charge in [-0.05, 0) is 37.3 Å². The molecule has 3 rings (SSSR count). The molecule has 2 N–H and O–H groups in total. The monoisotopic (exact) mass is 351 g/mol. The Kier molecular flexibility index (Phi) is 6.63. The summed E-state index contributed by atoms with van der Waals surface area (Å²) in [6.07, 6.45) is 3.39. The van der Waals surface area contributed by atoms with E-state index >= 15 is 0 Å². The Morgan fingerprint density at radius 3 is 2.58 bits per heavy atom.